The molecule has 2 aromatic carbocycles. The van der Waals surface area contributed by atoms with Crippen LogP contribution in [0.5, 0.6) is 5.75 Å². The highest BCUT2D eigenvalue weighted by molar-refractivity contribution is 5.99. The number of hydrogen-bond acceptors (Lipinski definition) is 4. The fourth-order valence-electron chi connectivity index (χ4n) is 2.46. The van der Waals surface area contributed by atoms with Gasteiger partial charge in [0, 0.05) is 10.9 Å². The van der Waals surface area contributed by atoms with Crippen molar-refractivity contribution in [2.75, 3.05) is 6.61 Å². The zero-order chi connectivity index (χ0) is 17.8. The van der Waals surface area contributed by atoms with Crippen molar-refractivity contribution in [1.29, 1.82) is 0 Å². The summed E-state index contributed by atoms with van der Waals surface area (Å²) in [6.45, 7) is 3.52. The van der Waals surface area contributed by atoms with E-state index in [1.807, 2.05) is 43.3 Å². The van der Waals surface area contributed by atoms with Crippen molar-refractivity contribution in [3.8, 4) is 5.75 Å². The van der Waals surface area contributed by atoms with Crippen molar-refractivity contribution in [3.63, 3.8) is 0 Å². The van der Waals surface area contributed by atoms with Crippen molar-refractivity contribution >= 4 is 22.8 Å². The summed E-state index contributed by atoms with van der Waals surface area (Å²) >= 11 is 0. The van der Waals surface area contributed by atoms with Crippen molar-refractivity contribution in [1.82, 2.24) is 10.9 Å². The molecular formula is C19H18N2O4. The molecule has 2 amide bonds. The third kappa shape index (κ3) is 3.80. The maximum Gasteiger partial charge on any atom is 0.305 e. The largest absolute Gasteiger partial charge is 0.484 e. The molecule has 25 heavy (non-hydrogen) atoms. The number of ether oxygens (including phenoxy) is 1. The Balaban J connectivity index is 1.56. The van der Waals surface area contributed by atoms with Crippen LogP contribution in [-0.2, 0) is 4.79 Å². The molecule has 1 aromatic heterocycles. The quantitative estimate of drug-likeness (QED) is 0.717. The number of nitrogens with one attached hydrogen (secondary N) is 2. The second-order valence-electron chi connectivity index (χ2n) is 5.66. The lowest BCUT2D eigenvalue weighted by molar-refractivity contribution is -0.123. The van der Waals surface area contributed by atoms with E-state index in [9.17, 15) is 9.59 Å². The van der Waals surface area contributed by atoms with E-state index >= 15 is 0 Å². The van der Waals surface area contributed by atoms with Gasteiger partial charge in [-0.05, 0) is 37.6 Å². The molecule has 0 aliphatic carbocycles. The van der Waals surface area contributed by atoms with Gasteiger partial charge in [-0.25, -0.2) is 0 Å². The Hall–Kier alpha value is -3.28. The number of carbonyl (C=O) groups is 2. The van der Waals surface area contributed by atoms with Crippen LogP contribution in [0.25, 0.3) is 11.0 Å². The number of hydrogen-bond donors (Lipinski definition) is 2. The number of amides is 2. The van der Waals surface area contributed by atoms with Crippen molar-refractivity contribution in [3.05, 3.63) is 65.4 Å². The van der Waals surface area contributed by atoms with Gasteiger partial charge in [-0.1, -0.05) is 30.3 Å². The minimum atomic E-state index is -0.516. The molecule has 0 aliphatic rings. The van der Waals surface area contributed by atoms with Gasteiger partial charge in [-0.15, -0.1) is 0 Å². The SMILES string of the molecule is Cc1cccc(OCC(=O)NNC(=O)c2oc3ccccc3c2C)c1. The van der Waals surface area contributed by atoms with Gasteiger partial charge in [-0.3, -0.25) is 20.4 Å². The lowest BCUT2D eigenvalue weighted by atomic mass is 10.1. The molecule has 1 heterocycles. The molecular weight excluding hydrogens is 320 g/mol. The van der Waals surface area contributed by atoms with Gasteiger partial charge < -0.3 is 9.15 Å². The second-order valence-corrected chi connectivity index (χ2v) is 5.66. The van der Waals surface area contributed by atoms with Crippen molar-refractivity contribution in [2.24, 2.45) is 0 Å². The molecule has 0 fully saturated rings. The maximum atomic E-state index is 12.2. The van der Waals surface area contributed by atoms with E-state index in [1.54, 1.807) is 19.1 Å². The first kappa shape index (κ1) is 16.6. The minimum Gasteiger partial charge on any atom is -0.484 e. The van der Waals surface area contributed by atoms with E-state index in [2.05, 4.69) is 10.9 Å². The Morgan fingerprint density at radius 1 is 1.04 bits per heavy atom. The first-order chi connectivity index (χ1) is 12.0. The average Bonchev–Trinajstić information content (AvgIpc) is 2.95. The Labute approximate surface area is 144 Å². The predicted octanol–water partition coefficient (Wildman–Crippen LogP) is 2.89. The van der Waals surface area contributed by atoms with Crippen LogP contribution < -0.4 is 15.6 Å². The summed E-state index contributed by atoms with van der Waals surface area (Å²) in [5, 5.41) is 0.863. The third-order valence-corrected chi connectivity index (χ3v) is 3.72. The van der Waals surface area contributed by atoms with Crippen molar-refractivity contribution in [2.45, 2.75) is 13.8 Å². The summed E-state index contributed by atoms with van der Waals surface area (Å²) < 4.78 is 10.9. The van der Waals surface area contributed by atoms with E-state index in [0.717, 1.165) is 16.5 Å². The van der Waals surface area contributed by atoms with E-state index in [4.69, 9.17) is 9.15 Å². The number of carbonyl (C=O) groups excluding carboxylic acids is 2. The van der Waals surface area contributed by atoms with Gasteiger partial charge in [0.2, 0.25) is 0 Å². The molecule has 0 unspecified atom stereocenters. The molecule has 0 saturated carbocycles. The highest BCUT2D eigenvalue weighted by atomic mass is 16.5. The number of aryl methyl sites for hydroxylation is 2. The first-order valence-corrected chi connectivity index (χ1v) is 7.81. The monoisotopic (exact) mass is 338 g/mol. The summed E-state index contributed by atoms with van der Waals surface area (Å²) in [6, 6.07) is 14.7. The number of rotatable bonds is 4. The van der Waals surface area contributed by atoms with Gasteiger partial charge in [-0.2, -0.15) is 0 Å². The smallest absolute Gasteiger partial charge is 0.305 e. The first-order valence-electron chi connectivity index (χ1n) is 7.81. The molecule has 0 bridgehead atoms. The summed E-state index contributed by atoms with van der Waals surface area (Å²) in [4.78, 5) is 24.0. The van der Waals surface area contributed by atoms with Gasteiger partial charge >= 0.3 is 5.91 Å². The fourth-order valence-corrected chi connectivity index (χ4v) is 2.46. The Kier molecular flexibility index (Phi) is 4.70. The standard InChI is InChI=1S/C19H18N2O4/c1-12-6-5-7-14(10-12)24-11-17(22)20-21-19(23)18-13(2)15-8-3-4-9-16(15)25-18/h3-10H,11H2,1-2H3,(H,20,22)(H,21,23). The van der Waals surface area contributed by atoms with Gasteiger partial charge in [0.25, 0.3) is 5.91 Å². The fraction of sp³-hybridized carbons (Fsp3) is 0.158. The molecule has 0 aliphatic heterocycles. The average molecular weight is 338 g/mol. The molecule has 2 N–H and O–H groups in total. The Bertz CT molecular complexity index is 930. The predicted molar refractivity (Wildman–Crippen MR) is 93.2 cm³/mol. The highest BCUT2D eigenvalue weighted by Gasteiger charge is 2.17. The molecule has 0 atom stereocenters. The van der Waals surface area contributed by atoms with Gasteiger partial charge in [0.15, 0.2) is 12.4 Å². The molecule has 0 saturated heterocycles. The Morgan fingerprint density at radius 3 is 2.60 bits per heavy atom. The lowest BCUT2D eigenvalue weighted by Gasteiger charge is -2.08. The number of fused-ring (bicyclic) bond motifs is 1. The third-order valence-electron chi connectivity index (χ3n) is 3.72. The van der Waals surface area contributed by atoms with Crippen molar-refractivity contribution < 1.29 is 18.7 Å². The van der Waals surface area contributed by atoms with Crippen LogP contribution in [0.2, 0.25) is 0 Å². The van der Waals surface area contributed by atoms with Crippen LogP contribution in [0.4, 0.5) is 0 Å². The van der Waals surface area contributed by atoms with Crippen LogP contribution in [-0.4, -0.2) is 18.4 Å². The Morgan fingerprint density at radius 2 is 1.84 bits per heavy atom. The maximum absolute atomic E-state index is 12.2. The number of para-hydroxylation sites is 1. The van der Waals surface area contributed by atoms with Crippen LogP contribution in [0.15, 0.2) is 52.9 Å². The lowest BCUT2D eigenvalue weighted by Crippen LogP contribution is -2.43. The number of furan rings is 1. The highest BCUT2D eigenvalue weighted by Crippen LogP contribution is 2.24. The minimum absolute atomic E-state index is 0.168. The summed E-state index contributed by atoms with van der Waals surface area (Å²) in [5.74, 6) is -0.225. The summed E-state index contributed by atoms with van der Waals surface area (Å²) in [6.07, 6.45) is 0. The van der Waals surface area contributed by atoms with Gasteiger partial charge in [0.05, 0.1) is 0 Å². The van der Waals surface area contributed by atoms with Crippen LogP contribution in [0.3, 0.4) is 0 Å². The summed E-state index contributed by atoms with van der Waals surface area (Å²) in [5.41, 5.74) is 7.03. The van der Waals surface area contributed by atoms with Crippen LogP contribution >= 0.6 is 0 Å². The van der Waals surface area contributed by atoms with Crippen LogP contribution in [0.1, 0.15) is 21.7 Å². The molecule has 3 rings (SSSR count). The zero-order valence-corrected chi connectivity index (χ0v) is 14.0. The van der Waals surface area contributed by atoms with E-state index in [-0.39, 0.29) is 12.4 Å². The van der Waals surface area contributed by atoms with Gasteiger partial charge in [0.1, 0.15) is 11.3 Å². The zero-order valence-electron chi connectivity index (χ0n) is 14.0. The molecule has 3 aromatic rings. The molecule has 128 valence electrons. The van der Waals surface area contributed by atoms with E-state index < -0.39 is 11.8 Å². The normalized spacial score (nSPS) is 10.5. The molecule has 6 heteroatoms. The molecule has 0 spiro atoms. The number of benzene rings is 2. The van der Waals surface area contributed by atoms with E-state index in [0.29, 0.717) is 11.3 Å². The van der Waals surface area contributed by atoms with Crippen LogP contribution in [0, 0.1) is 13.8 Å². The van der Waals surface area contributed by atoms with E-state index in [1.165, 1.54) is 0 Å². The molecule has 6 nitrogen and oxygen atoms in total. The topological polar surface area (TPSA) is 80.6 Å². The number of hydrazine groups is 1. The molecule has 0 radical (unpaired) electrons. The summed E-state index contributed by atoms with van der Waals surface area (Å²) in [7, 11) is 0. The second kappa shape index (κ2) is 7.09.